The number of aromatic nitrogens is 2. The maximum Gasteiger partial charge on any atom is 0.279 e. The largest absolute Gasteiger partial charge is 0.494 e. The standard InChI is InChI=1S/C20H20FN3O2S.C6H6/c1-12-8-13-9-19(26-2)16(21)10-18(13)24(12)11-14-4-3-5-17(22-14)20(25)23-27-15-6-7-15;1-2-4-6-5-3-1/h3-5,8-10,15H,6-7,11H2,1-2H3,(H,23,25);1-6H. The van der Waals surface area contributed by atoms with Crippen molar-refractivity contribution in [3.05, 3.63) is 95.7 Å². The number of halogens is 1. The summed E-state index contributed by atoms with van der Waals surface area (Å²) < 4.78 is 24.1. The fourth-order valence-electron chi connectivity index (χ4n) is 3.38. The number of fused-ring (bicyclic) bond motifs is 1. The SMILES string of the molecule is COc1cc2cc(C)n(Cc3cccc(C(=O)NSC4CC4)n3)c2cc1F.c1ccccc1. The van der Waals surface area contributed by atoms with Crippen LogP contribution < -0.4 is 9.46 Å². The zero-order chi connectivity index (χ0) is 23.2. The molecule has 0 spiro atoms. The summed E-state index contributed by atoms with van der Waals surface area (Å²) in [6.45, 7) is 2.42. The molecule has 33 heavy (non-hydrogen) atoms. The van der Waals surface area contributed by atoms with E-state index in [0.717, 1.165) is 35.1 Å². The summed E-state index contributed by atoms with van der Waals surface area (Å²) in [5.41, 5.74) is 2.89. The molecule has 1 saturated carbocycles. The first-order chi connectivity index (χ1) is 16.0. The first-order valence-corrected chi connectivity index (χ1v) is 11.7. The summed E-state index contributed by atoms with van der Waals surface area (Å²) in [6.07, 6.45) is 2.31. The second kappa shape index (κ2) is 10.5. The fraction of sp³-hybridized carbons (Fsp3) is 0.231. The number of carbonyl (C=O) groups excluding carboxylic acids is 1. The van der Waals surface area contributed by atoms with E-state index in [9.17, 15) is 9.18 Å². The van der Waals surface area contributed by atoms with Crippen LogP contribution in [0.25, 0.3) is 10.9 Å². The Morgan fingerprint density at radius 3 is 2.45 bits per heavy atom. The Kier molecular flexibility index (Phi) is 7.29. The van der Waals surface area contributed by atoms with Gasteiger partial charge in [0, 0.05) is 22.4 Å². The van der Waals surface area contributed by atoms with Crippen LogP contribution in [-0.4, -0.2) is 27.8 Å². The van der Waals surface area contributed by atoms with Crippen LogP contribution in [0.5, 0.6) is 5.75 Å². The van der Waals surface area contributed by atoms with Crippen molar-refractivity contribution in [2.24, 2.45) is 0 Å². The average molecular weight is 464 g/mol. The molecule has 0 unspecified atom stereocenters. The molecule has 7 heteroatoms. The zero-order valence-corrected chi connectivity index (χ0v) is 19.4. The molecule has 1 N–H and O–H groups in total. The predicted octanol–water partition coefficient (Wildman–Crippen LogP) is 5.77. The zero-order valence-electron chi connectivity index (χ0n) is 18.6. The Balaban J connectivity index is 0.000000376. The molecule has 2 aromatic carbocycles. The van der Waals surface area contributed by atoms with Crippen LogP contribution in [0.4, 0.5) is 4.39 Å². The maximum absolute atomic E-state index is 14.2. The Morgan fingerprint density at radius 1 is 1.12 bits per heavy atom. The van der Waals surface area contributed by atoms with Gasteiger partial charge in [0.15, 0.2) is 11.6 Å². The minimum absolute atomic E-state index is 0.182. The van der Waals surface area contributed by atoms with Crippen molar-refractivity contribution in [1.29, 1.82) is 0 Å². The normalized spacial score (nSPS) is 12.7. The second-order valence-corrected chi connectivity index (χ2v) is 8.94. The van der Waals surface area contributed by atoms with Gasteiger partial charge in [-0.25, -0.2) is 9.37 Å². The number of rotatable bonds is 6. The van der Waals surface area contributed by atoms with Crippen molar-refractivity contribution >= 4 is 28.8 Å². The number of hydrogen-bond donors (Lipinski definition) is 1. The minimum Gasteiger partial charge on any atom is -0.494 e. The maximum atomic E-state index is 14.2. The first kappa shape index (κ1) is 22.9. The van der Waals surface area contributed by atoms with Crippen molar-refractivity contribution in [2.75, 3.05) is 7.11 Å². The number of nitrogens with one attached hydrogen (secondary N) is 1. The van der Waals surface area contributed by atoms with Gasteiger partial charge >= 0.3 is 0 Å². The van der Waals surface area contributed by atoms with Gasteiger partial charge in [0.05, 0.1) is 24.9 Å². The van der Waals surface area contributed by atoms with Gasteiger partial charge in [0.1, 0.15) is 5.69 Å². The number of hydrogen-bond acceptors (Lipinski definition) is 4. The number of pyridine rings is 1. The van der Waals surface area contributed by atoms with Crippen LogP contribution in [0.15, 0.2) is 72.8 Å². The van der Waals surface area contributed by atoms with Gasteiger partial charge in [-0.1, -0.05) is 42.5 Å². The van der Waals surface area contributed by atoms with Crippen molar-refractivity contribution in [3.63, 3.8) is 0 Å². The van der Waals surface area contributed by atoms with E-state index < -0.39 is 5.82 Å². The fourth-order valence-corrected chi connectivity index (χ4v) is 4.13. The molecule has 5 rings (SSSR count). The number of nitrogens with zero attached hydrogens (tertiary/aromatic N) is 2. The Morgan fingerprint density at radius 2 is 1.82 bits per heavy atom. The monoisotopic (exact) mass is 463 g/mol. The van der Waals surface area contributed by atoms with E-state index in [1.165, 1.54) is 25.1 Å². The molecule has 170 valence electrons. The number of benzene rings is 2. The van der Waals surface area contributed by atoms with Gasteiger partial charge in [-0.05, 0) is 56.0 Å². The molecule has 4 aromatic rings. The number of aryl methyl sites for hydroxylation is 1. The van der Waals surface area contributed by atoms with Gasteiger partial charge in [0.25, 0.3) is 5.91 Å². The van der Waals surface area contributed by atoms with Crippen molar-refractivity contribution in [2.45, 2.75) is 31.6 Å². The smallest absolute Gasteiger partial charge is 0.279 e. The molecule has 1 amide bonds. The van der Waals surface area contributed by atoms with E-state index in [1.54, 1.807) is 12.1 Å². The van der Waals surface area contributed by atoms with E-state index in [0.29, 0.717) is 17.5 Å². The number of ether oxygens (including phenoxy) is 1. The quantitative estimate of drug-likeness (QED) is 0.369. The van der Waals surface area contributed by atoms with E-state index >= 15 is 0 Å². The second-order valence-electron chi connectivity index (χ2n) is 7.83. The highest BCUT2D eigenvalue weighted by Gasteiger charge is 2.23. The highest BCUT2D eigenvalue weighted by atomic mass is 32.2. The first-order valence-electron chi connectivity index (χ1n) is 10.8. The van der Waals surface area contributed by atoms with Crippen LogP contribution in [0.3, 0.4) is 0 Å². The molecule has 0 bridgehead atoms. The van der Waals surface area contributed by atoms with Gasteiger partial charge in [-0.3, -0.25) is 9.52 Å². The lowest BCUT2D eigenvalue weighted by molar-refractivity contribution is 0.0979. The third kappa shape index (κ3) is 5.93. The lowest BCUT2D eigenvalue weighted by Crippen LogP contribution is -2.19. The van der Waals surface area contributed by atoms with Crippen molar-refractivity contribution in [3.8, 4) is 5.75 Å². The summed E-state index contributed by atoms with van der Waals surface area (Å²) in [4.78, 5) is 16.7. The van der Waals surface area contributed by atoms with Crippen LogP contribution in [0.1, 0.15) is 34.7 Å². The van der Waals surface area contributed by atoms with Gasteiger partial charge in [-0.2, -0.15) is 0 Å². The van der Waals surface area contributed by atoms with Gasteiger partial charge < -0.3 is 9.30 Å². The topological polar surface area (TPSA) is 56.1 Å². The summed E-state index contributed by atoms with van der Waals surface area (Å²) in [6, 6.07) is 22.6. The third-order valence-electron chi connectivity index (χ3n) is 5.25. The molecular formula is C26H26FN3O2S. The molecule has 2 aromatic heterocycles. The molecule has 5 nitrogen and oxygen atoms in total. The summed E-state index contributed by atoms with van der Waals surface area (Å²) in [5.74, 6) is -0.356. The Bertz CT molecular complexity index is 1210. The van der Waals surface area contributed by atoms with Crippen molar-refractivity contribution in [1.82, 2.24) is 14.3 Å². The summed E-state index contributed by atoms with van der Waals surface area (Å²) in [5, 5.41) is 1.44. The molecule has 2 heterocycles. The minimum atomic E-state index is -0.400. The predicted molar refractivity (Wildman–Crippen MR) is 131 cm³/mol. The summed E-state index contributed by atoms with van der Waals surface area (Å²) >= 11 is 1.47. The highest BCUT2D eigenvalue weighted by molar-refractivity contribution is 7.98. The third-order valence-corrected chi connectivity index (χ3v) is 6.36. The Labute approximate surface area is 197 Å². The summed E-state index contributed by atoms with van der Waals surface area (Å²) in [7, 11) is 1.45. The van der Waals surface area contributed by atoms with Crippen LogP contribution in [0.2, 0.25) is 0 Å². The molecule has 1 aliphatic carbocycles. The van der Waals surface area contributed by atoms with Crippen LogP contribution in [0, 0.1) is 12.7 Å². The molecule has 1 fully saturated rings. The van der Waals surface area contributed by atoms with Crippen molar-refractivity contribution < 1.29 is 13.9 Å². The van der Waals surface area contributed by atoms with E-state index in [2.05, 4.69) is 9.71 Å². The highest BCUT2D eigenvalue weighted by Crippen LogP contribution is 2.32. The number of amides is 1. The molecule has 0 saturated heterocycles. The Hall–Kier alpha value is -3.32. The van der Waals surface area contributed by atoms with E-state index in [-0.39, 0.29) is 11.7 Å². The lowest BCUT2D eigenvalue weighted by atomic mass is 10.2. The van der Waals surface area contributed by atoms with E-state index in [4.69, 9.17) is 4.74 Å². The number of carbonyl (C=O) groups is 1. The molecule has 0 aliphatic heterocycles. The molecule has 1 aliphatic rings. The average Bonchev–Trinajstić information content (AvgIpc) is 3.63. The van der Waals surface area contributed by atoms with Gasteiger partial charge in [0.2, 0.25) is 0 Å². The lowest BCUT2D eigenvalue weighted by Gasteiger charge is -2.10. The molecular weight excluding hydrogens is 437 g/mol. The van der Waals surface area contributed by atoms with Crippen LogP contribution in [-0.2, 0) is 6.54 Å². The van der Waals surface area contributed by atoms with Crippen LogP contribution >= 0.6 is 11.9 Å². The number of methoxy groups -OCH3 is 1. The van der Waals surface area contributed by atoms with Gasteiger partial charge in [-0.15, -0.1) is 0 Å². The molecule has 0 radical (unpaired) electrons. The van der Waals surface area contributed by atoms with E-state index in [1.807, 2.05) is 66.1 Å². The molecule has 0 atom stereocenters.